The van der Waals surface area contributed by atoms with Crippen LogP contribution in [0.4, 0.5) is 29.3 Å². The highest BCUT2D eigenvalue weighted by atomic mass is 32.2. The maximum Gasteiger partial charge on any atom is 0.433 e. The number of halogens is 3. The van der Waals surface area contributed by atoms with Crippen LogP contribution in [-0.2, 0) is 6.18 Å². The Kier molecular flexibility index (Phi) is 6.17. The molecule has 0 unspecified atom stereocenters. The minimum absolute atomic E-state index is 0.0798. The molecule has 2 aromatic rings. The van der Waals surface area contributed by atoms with Gasteiger partial charge in [0, 0.05) is 44.3 Å². The molecule has 0 aliphatic carbocycles. The Balaban J connectivity index is 1.44. The Hall–Kier alpha value is -2.33. The predicted octanol–water partition coefficient (Wildman–Crippen LogP) is 3.54. The summed E-state index contributed by atoms with van der Waals surface area (Å²) in [6, 6.07) is 6.06. The van der Waals surface area contributed by atoms with Gasteiger partial charge in [-0.2, -0.15) is 13.2 Å². The lowest BCUT2D eigenvalue weighted by Crippen LogP contribution is -2.46. The lowest BCUT2D eigenvalue weighted by Gasteiger charge is -2.35. The van der Waals surface area contributed by atoms with E-state index in [-0.39, 0.29) is 5.69 Å². The molecule has 144 valence electrons. The Morgan fingerprint density at radius 1 is 1.19 bits per heavy atom. The summed E-state index contributed by atoms with van der Waals surface area (Å²) < 4.78 is 38.0. The summed E-state index contributed by atoms with van der Waals surface area (Å²) >= 11 is 1.03. The number of hydrogen-bond acceptors (Lipinski definition) is 6. The second-order valence-corrected chi connectivity index (χ2v) is 6.85. The number of anilines is 2. The minimum atomic E-state index is -4.54. The maximum atomic E-state index is 12.7. The first-order valence-corrected chi connectivity index (χ1v) is 9.25. The van der Waals surface area contributed by atoms with Crippen LogP contribution in [0.5, 0.6) is 0 Å². The van der Waals surface area contributed by atoms with Gasteiger partial charge in [-0.15, -0.1) is 0 Å². The highest BCUT2D eigenvalue weighted by molar-refractivity contribution is 8.13. The summed E-state index contributed by atoms with van der Waals surface area (Å²) in [5, 5.41) is 2.07. The Morgan fingerprint density at radius 2 is 1.96 bits per heavy atom. The van der Waals surface area contributed by atoms with Crippen molar-refractivity contribution < 1.29 is 18.0 Å². The molecule has 1 aliphatic rings. The van der Waals surface area contributed by atoms with Crippen molar-refractivity contribution in [1.82, 2.24) is 14.9 Å². The molecule has 6 nitrogen and oxygen atoms in total. The number of thioether (sulfide) groups is 1. The molecule has 27 heavy (non-hydrogen) atoms. The van der Waals surface area contributed by atoms with Crippen LogP contribution >= 0.6 is 11.8 Å². The molecule has 0 saturated carbocycles. The van der Waals surface area contributed by atoms with Gasteiger partial charge in [0.25, 0.3) is 5.24 Å². The number of carbonyl (C=O) groups excluding carboxylic acids is 1. The molecule has 0 spiro atoms. The normalized spacial score (nSPS) is 15.6. The summed E-state index contributed by atoms with van der Waals surface area (Å²) in [7, 11) is 0. The van der Waals surface area contributed by atoms with E-state index in [9.17, 15) is 18.0 Å². The van der Waals surface area contributed by atoms with Gasteiger partial charge in [-0.05, 0) is 36.0 Å². The van der Waals surface area contributed by atoms with Crippen molar-refractivity contribution in [1.29, 1.82) is 0 Å². The highest BCUT2D eigenvalue weighted by Gasteiger charge is 2.32. The summed E-state index contributed by atoms with van der Waals surface area (Å²) in [6.45, 7) is 3.24. The van der Waals surface area contributed by atoms with Gasteiger partial charge in [0.1, 0.15) is 5.69 Å². The average molecular weight is 397 g/mol. The van der Waals surface area contributed by atoms with Gasteiger partial charge in [0.2, 0.25) is 0 Å². The van der Waals surface area contributed by atoms with Crippen molar-refractivity contribution in [2.24, 2.45) is 0 Å². The summed E-state index contributed by atoms with van der Waals surface area (Å²) in [6.07, 6.45) is 0.0415. The zero-order valence-corrected chi connectivity index (χ0v) is 15.1. The fourth-order valence-corrected chi connectivity index (χ4v) is 3.39. The number of piperazine rings is 1. The smallest absolute Gasteiger partial charge is 0.368 e. The molecule has 0 aromatic carbocycles. The van der Waals surface area contributed by atoms with Crippen LogP contribution in [0.25, 0.3) is 0 Å². The number of aromatic nitrogens is 2. The number of nitrogens with zero attached hydrogens (tertiary/aromatic N) is 4. The molecule has 0 bridgehead atoms. The number of nitrogens with one attached hydrogen (secondary N) is 1. The van der Waals surface area contributed by atoms with Gasteiger partial charge >= 0.3 is 6.18 Å². The zero-order valence-electron chi connectivity index (χ0n) is 14.3. The third kappa shape index (κ3) is 5.57. The predicted molar refractivity (Wildman–Crippen MR) is 98.7 cm³/mol. The zero-order chi connectivity index (χ0) is 19.3. The molecule has 0 radical (unpaired) electrons. The standard InChI is InChI=1S/C17H18F3N5OS/c18-17(19,20)15-10-13(3-5-22-15)23-16(26)27-12-24-6-8-25(9-7-24)14-2-1-4-21-11-14/h1-5,10-11H,6-9,12H2,(H,22,23,26). The van der Waals surface area contributed by atoms with Crippen LogP contribution in [0.15, 0.2) is 42.9 Å². The number of rotatable bonds is 4. The van der Waals surface area contributed by atoms with E-state index in [1.807, 2.05) is 18.3 Å². The Morgan fingerprint density at radius 3 is 2.63 bits per heavy atom. The Labute approximate surface area is 158 Å². The summed E-state index contributed by atoms with van der Waals surface area (Å²) in [5.74, 6) is 0.476. The van der Waals surface area contributed by atoms with Crippen LogP contribution in [0.1, 0.15) is 5.69 Å². The van der Waals surface area contributed by atoms with E-state index < -0.39 is 17.1 Å². The van der Waals surface area contributed by atoms with E-state index in [1.54, 1.807) is 6.20 Å². The van der Waals surface area contributed by atoms with E-state index >= 15 is 0 Å². The van der Waals surface area contributed by atoms with Gasteiger partial charge in [-0.3, -0.25) is 19.7 Å². The second kappa shape index (κ2) is 8.57. The summed E-state index contributed by atoms with van der Waals surface area (Å²) in [5.41, 5.74) is 0.119. The quantitative estimate of drug-likeness (QED) is 0.852. The molecule has 1 fully saturated rings. The van der Waals surface area contributed by atoms with Crippen LogP contribution < -0.4 is 10.2 Å². The van der Waals surface area contributed by atoms with Gasteiger partial charge in [0.05, 0.1) is 17.8 Å². The number of hydrogen-bond donors (Lipinski definition) is 1. The Bertz CT molecular complexity index is 767. The van der Waals surface area contributed by atoms with E-state index in [1.165, 1.54) is 6.07 Å². The van der Waals surface area contributed by atoms with E-state index in [0.717, 1.165) is 55.9 Å². The number of carbonyl (C=O) groups is 1. The highest BCUT2D eigenvalue weighted by Crippen LogP contribution is 2.29. The lowest BCUT2D eigenvalue weighted by molar-refractivity contribution is -0.141. The first kappa shape index (κ1) is 19.4. The maximum absolute atomic E-state index is 12.7. The second-order valence-electron chi connectivity index (χ2n) is 5.93. The van der Waals surface area contributed by atoms with E-state index in [4.69, 9.17) is 0 Å². The monoisotopic (exact) mass is 397 g/mol. The third-order valence-electron chi connectivity index (χ3n) is 4.06. The summed E-state index contributed by atoms with van der Waals surface area (Å²) in [4.78, 5) is 23.7. The molecule has 0 atom stereocenters. The van der Waals surface area contributed by atoms with Crippen molar-refractivity contribution in [3.05, 3.63) is 48.5 Å². The van der Waals surface area contributed by atoms with E-state index in [2.05, 4.69) is 25.1 Å². The van der Waals surface area contributed by atoms with Crippen molar-refractivity contribution in [2.45, 2.75) is 6.18 Å². The number of pyridine rings is 2. The van der Waals surface area contributed by atoms with Gasteiger partial charge in [-0.1, -0.05) is 0 Å². The first-order valence-electron chi connectivity index (χ1n) is 8.26. The number of amides is 1. The van der Waals surface area contributed by atoms with Gasteiger partial charge < -0.3 is 10.2 Å². The molecule has 10 heteroatoms. The van der Waals surface area contributed by atoms with Crippen LogP contribution in [-0.4, -0.2) is 52.2 Å². The molecule has 3 heterocycles. The van der Waals surface area contributed by atoms with Crippen molar-refractivity contribution in [2.75, 3.05) is 42.3 Å². The van der Waals surface area contributed by atoms with Crippen molar-refractivity contribution in [3.8, 4) is 0 Å². The van der Waals surface area contributed by atoms with Crippen LogP contribution in [0.3, 0.4) is 0 Å². The topological polar surface area (TPSA) is 61.4 Å². The molecule has 1 saturated heterocycles. The molecule has 3 rings (SSSR count). The van der Waals surface area contributed by atoms with Crippen molar-refractivity contribution >= 4 is 28.4 Å². The molecular formula is C17H18F3N5OS. The minimum Gasteiger partial charge on any atom is -0.368 e. The SMILES string of the molecule is O=C(Nc1ccnc(C(F)(F)F)c1)SCN1CCN(c2cccnc2)CC1. The van der Waals surface area contributed by atoms with Gasteiger partial charge in [0.15, 0.2) is 0 Å². The van der Waals surface area contributed by atoms with E-state index in [0.29, 0.717) is 5.88 Å². The average Bonchev–Trinajstić information content (AvgIpc) is 2.67. The van der Waals surface area contributed by atoms with Crippen LogP contribution in [0, 0.1) is 0 Å². The molecule has 1 aliphatic heterocycles. The molecular weight excluding hydrogens is 379 g/mol. The van der Waals surface area contributed by atoms with Crippen molar-refractivity contribution in [3.63, 3.8) is 0 Å². The van der Waals surface area contributed by atoms with Crippen LogP contribution in [0.2, 0.25) is 0 Å². The molecule has 1 N–H and O–H groups in total. The third-order valence-corrected chi connectivity index (χ3v) is 4.92. The largest absolute Gasteiger partial charge is 0.433 e. The fourth-order valence-electron chi connectivity index (χ4n) is 2.64. The molecule has 2 aromatic heterocycles. The molecule has 1 amide bonds. The first-order chi connectivity index (χ1) is 12.9. The van der Waals surface area contributed by atoms with Gasteiger partial charge in [-0.25, -0.2) is 0 Å². The number of alkyl halides is 3. The lowest BCUT2D eigenvalue weighted by atomic mass is 10.3. The fraction of sp³-hybridized carbons (Fsp3) is 0.353.